The maximum Gasteiger partial charge on any atom is 0.528 e. The lowest BCUT2D eigenvalue weighted by molar-refractivity contribution is -0.149. The molecule has 4 rings (SSSR count). The number of nitrogens with one attached hydrogen (secondary N) is 2. The Labute approximate surface area is 220 Å². The molecule has 1 aliphatic rings. The highest BCUT2D eigenvalue weighted by molar-refractivity contribution is 6.04. The third kappa shape index (κ3) is 5.91. The van der Waals surface area contributed by atoms with Gasteiger partial charge in [-0.25, -0.2) is 14.8 Å². The van der Waals surface area contributed by atoms with Crippen molar-refractivity contribution in [1.29, 1.82) is 0 Å². The number of amides is 1. The Kier molecular flexibility index (Phi) is 7.91. The molecule has 204 valence electrons. The smallest absolute Gasteiger partial charge is 0.493 e. The fourth-order valence-electron chi connectivity index (χ4n) is 4.24. The number of fused-ring (bicyclic) bond motifs is 1. The average Bonchev–Trinajstić information content (AvgIpc) is 3.51. The van der Waals surface area contributed by atoms with Crippen molar-refractivity contribution in [3.63, 3.8) is 0 Å². The minimum absolute atomic E-state index is 0.169. The Balaban J connectivity index is 1.50. The summed E-state index contributed by atoms with van der Waals surface area (Å²) in [5, 5.41) is 4.49. The molecule has 0 spiro atoms. The number of methoxy groups -OCH3 is 3. The second kappa shape index (κ2) is 11.1. The van der Waals surface area contributed by atoms with Crippen LogP contribution in [0.2, 0.25) is 0 Å². The standard InChI is InChI=1S/C26H33N5O7/c1-26(2,3)37-25(33)38-31-9-7-8-16(31)12-29-24(32)17-13-27-23-21(17)30-18(14-28-23)15-10-19(34-4)22(36-6)20(11-15)35-5/h10-11,13-14,16H,7-9,12H2,1-6H3,(H,27,28)(H,29,32). The third-order valence-corrected chi connectivity index (χ3v) is 5.99. The van der Waals surface area contributed by atoms with Gasteiger partial charge in [-0.15, -0.1) is 5.06 Å². The van der Waals surface area contributed by atoms with Gasteiger partial charge in [-0.1, -0.05) is 0 Å². The summed E-state index contributed by atoms with van der Waals surface area (Å²) in [5.74, 6) is 1.10. The van der Waals surface area contributed by atoms with Crippen LogP contribution < -0.4 is 19.5 Å². The van der Waals surface area contributed by atoms with Gasteiger partial charge in [0.1, 0.15) is 11.1 Å². The number of ether oxygens (including phenoxy) is 4. The third-order valence-electron chi connectivity index (χ3n) is 5.99. The van der Waals surface area contributed by atoms with E-state index in [1.54, 1.807) is 50.4 Å². The van der Waals surface area contributed by atoms with Gasteiger partial charge >= 0.3 is 6.16 Å². The molecule has 1 unspecified atom stereocenters. The molecule has 38 heavy (non-hydrogen) atoms. The number of hydrogen-bond acceptors (Lipinski definition) is 10. The van der Waals surface area contributed by atoms with Crippen LogP contribution in [0.3, 0.4) is 0 Å². The van der Waals surface area contributed by atoms with Gasteiger partial charge in [0.2, 0.25) is 5.75 Å². The zero-order valence-electron chi connectivity index (χ0n) is 22.4. The predicted molar refractivity (Wildman–Crippen MR) is 138 cm³/mol. The lowest BCUT2D eigenvalue weighted by Gasteiger charge is -2.25. The molecule has 1 atom stereocenters. The first kappa shape index (κ1) is 27.0. The van der Waals surface area contributed by atoms with Crippen molar-refractivity contribution in [2.75, 3.05) is 34.4 Å². The molecule has 3 heterocycles. The maximum atomic E-state index is 13.1. The van der Waals surface area contributed by atoms with E-state index in [1.165, 1.54) is 21.3 Å². The highest BCUT2D eigenvalue weighted by Crippen LogP contribution is 2.41. The Morgan fingerprint density at radius 2 is 1.84 bits per heavy atom. The Hall–Kier alpha value is -4.06. The van der Waals surface area contributed by atoms with Crippen molar-refractivity contribution in [2.24, 2.45) is 0 Å². The zero-order chi connectivity index (χ0) is 27.4. The summed E-state index contributed by atoms with van der Waals surface area (Å²) in [5.41, 5.74) is 1.79. The number of aromatic amines is 1. The maximum absolute atomic E-state index is 13.1. The molecule has 1 aliphatic heterocycles. The molecule has 1 saturated heterocycles. The SMILES string of the molecule is COc1cc(-c2cnc3[nH]cc(C(=O)NCC4CCCN4OC(=O)OC(C)(C)C)c3n2)cc(OC)c1OC. The molecular formula is C26H33N5O7. The van der Waals surface area contributed by atoms with E-state index in [0.29, 0.717) is 51.8 Å². The van der Waals surface area contributed by atoms with Crippen molar-refractivity contribution in [1.82, 2.24) is 25.3 Å². The topological polar surface area (TPSA) is 137 Å². The molecule has 3 aromatic rings. The number of hydroxylamine groups is 2. The molecule has 2 N–H and O–H groups in total. The van der Waals surface area contributed by atoms with Crippen LogP contribution in [-0.4, -0.2) is 78.1 Å². The summed E-state index contributed by atoms with van der Waals surface area (Å²) in [6, 6.07) is 3.36. The van der Waals surface area contributed by atoms with Gasteiger partial charge < -0.3 is 34.1 Å². The quantitative estimate of drug-likeness (QED) is 0.417. The van der Waals surface area contributed by atoms with Crippen LogP contribution in [0.5, 0.6) is 17.2 Å². The number of nitrogens with zero attached hydrogens (tertiary/aromatic N) is 3. The second-order valence-electron chi connectivity index (χ2n) is 9.77. The lowest BCUT2D eigenvalue weighted by atomic mass is 10.1. The van der Waals surface area contributed by atoms with E-state index >= 15 is 0 Å². The van der Waals surface area contributed by atoms with E-state index in [-0.39, 0.29) is 18.5 Å². The summed E-state index contributed by atoms with van der Waals surface area (Å²) in [4.78, 5) is 42.7. The predicted octanol–water partition coefficient (Wildman–Crippen LogP) is 3.71. The van der Waals surface area contributed by atoms with Gasteiger partial charge in [-0.2, -0.15) is 0 Å². The monoisotopic (exact) mass is 527 g/mol. The second-order valence-corrected chi connectivity index (χ2v) is 9.77. The van der Waals surface area contributed by atoms with Crippen LogP contribution >= 0.6 is 0 Å². The van der Waals surface area contributed by atoms with Crippen LogP contribution in [0.25, 0.3) is 22.4 Å². The first-order valence-corrected chi connectivity index (χ1v) is 12.2. The minimum atomic E-state index is -0.762. The molecule has 1 fully saturated rings. The van der Waals surface area contributed by atoms with Crippen LogP contribution in [-0.2, 0) is 9.57 Å². The molecule has 12 nitrogen and oxygen atoms in total. The summed E-state index contributed by atoms with van der Waals surface area (Å²) < 4.78 is 21.5. The van der Waals surface area contributed by atoms with Gasteiger partial charge in [-0.05, 0) is 45.7 Å². The van der Waals surface area contributed by atoms with Gasteiger partial charge in [0.05, 0.1) is 44.8 Å². The number of rotatable bonds is 8. The Morgan fingerprint density at radius 3 is 2.47 bits per heavy atom. The van der Waals surface area contributed by atoms with Crippen LogP contribution in [0, 0.1) is 0 Å². The largest absolute Gasteiger partial charge is 0.528 e. The first-order chi connectivity index (χ1) is 18.1. The fourth-order valence-corrected chi connectivity index (χ4v) is 4.24. The number of carbonyl (C=O) groups is 2. The van der Waals surface area contributed by atoms with Gasteiger partial charge in [-0.3, -0.25) is 4.79 Å². The van der Waals surface area contributed by atoms with E-state index in [2.05, 4.69) is 15.3 Å². The van der Waals surface area contributed by atoms with E-state index in [0.717, 1.165) is 12.8 Å². The number of H-pyrrole nitrogens is 1. The summed E-state index contributed by atoms with van der Waals surface area (Å²) in [6.07, 6.45) is 4.01. The van der Waals surface area contributed by atoms with E-state index in [4.69, 9.17) is 28.8 Å². The van der Waals surface area contributed by atoms with Gasteiger partial charge in [0.15, 0.2) is 17.1 Å². The first-order valence-electron chi connectivity index (χ1n) is 12.2. The van der Waals surface area contributed by atoms with Crippen molar-refractivity contribution < 1.29 is 33.4 Å². The molecule has 0 radical (unpaired) electrons. The molecule has 12 heteroatoms. The van der Waals surface area contributed by atoms with Gasteiger partial charge in [0, 0.05) is 24.8 Å². The average molecular weight is 528 g/mol. The van der Waals surface area contributed by atoms with Crippen LogP contribution in [0.1, 0.15) is 44.0 Å². The normalized spacial score (nSPS) is 15.8. The highest BCUT2D eigenvalue weighted by atomic mass is 16.8. The van der Waals surface area contributed by atoms with Crippen LogP contribution in [0.4, 0.5) is 4.79 Å². The summed E-state index contributed by atoms with van der Waals surface area (Å²) in [7, 11) is 4.61. The minimum Gasteiger partial charge on any atom is -0.493 e. The molecule has 1 amide bonds. The fraction of sp³-hybridized carbons (Fsp3) is 0.462. The van der Waals surface area contributed by atoms with E-state index < -0.39 is 11.8 Å². The molecule has 1 aromatic carbocycles. The molecule has 0 bridgehead atoms. The molecule has 0 saturated carbocycles. The molecular weight excluding hydrogens is 494 g/mol. The lowest BCUT2D eigenvalue weighted by Crippen LogP contribution is -2.42. The number of aromatic nitrogens is 3. The Morgan fingerprint density at radius 1 is 1.13 bits per heavy atom. The number of benzene rings is 1. The van der Waals surface area contributed by atoms with Crippen molar-refractivity contribution in [2.45, 2.75) is 45.3 Å². The Bertz CT molecular complexity index is 1290. The van der Waals surface area contributed by atoms with Crippen LogP contribution in [0.15, 0.2) is 24.5 Å². The number of hydrogen-bond donors (Lipinski definition) is 2. The van der Waals surface area contributed by atoms with E-state index in [9.17, 15) is 9.59 Å². The summed E-state index contributed by atoms with van der Waals surface area (Å²) in [6.45, 7) is 6.16. The van der Waals surface area contributed by atoms with Gasteiger partial charge in [0.25, 0.3) is 5.91 Å². The van der Waals surface area contributed by atoms with Crippen molar-refractivity contribution >= 4 is 23.2 Å². The summed E-state index contributed by atoms with van der Waals surface area (Å²) >= 11 is 0. The molecule has 0 aliphatic carbocycles. The van der Waals surface area contributed by atoms with Crippen molar-refractivity contribution in [3.8, 4) is 28.5 Å². The zero-order valence-corrected chi connectivity index (χ0v) is 22.4. The van der Waals surface area contributed by atoms with Crippen molar-refractivity contribution in [3.05, 3.63) is 30.1 Å². The highest BCUT2D eigenvalue weighted by Gasteiger charge is 2.30. The molecule has 2 aromatic heterocycles. The number of carbonyl (C=O) groups excluding carboxylic acids is 2. The van der Waals surface area contributed by atoms with E-state index in [1.807, 2.05) is 0 Å².